The van der Waals surface area contributed by atoms with E-state index in [2.05, 4.69) is 10.3 Å². The highest BCUT2D eigenvalue weighted by Crippen LogP contribution is 2.27. The van der Waals surface area contributed by atoms with E-state index in [0.717, 1.165) is 17.7 Å². The molecule has 2 aromatic carbocycles. The van der Waals surface area contributed by atoms with Gasteiger partial charge >= 0.3 is 0 Å². The largest absolute Gasteiger partial charge is 0.491 e. The Labute approximate surface area is 156 Å². The number of nitrogens with one attached hydrogen (secondary N) is 1. The third kappa shape index (κ3) is 4.21. The van der Waals surface area contributed by atoms with E-state index in [1.165, 1.54) is 16.9 Å². The van der Waals surface area contributed by atoms with Crippen LogP contribution >= 0.6 is 11.3 Å². The number of aromatic nitrogens is 1. The maximum absolute atomic E-state index is 12.4. The minimum absolute atomic E-state index is 0.247. The molecule has 0 spiro atoms. The van der Waals surface area contributed by atoms with Crippen LogP contribution in [-0.2, 0) is 0 Å². The number of hydrogen-bond acceptors (Lipinski definition) is 5. The Morgan fingerprint density at radius 3 is 2.69 bits per heavy atom. The van der Waals surface area contributed by atoms with Gasteiger partial charge in [0.15, 0.2) is 5.13 Å². The van der Waals surface area contributed by atoms with E-state index < -0.39 is 0 Å². The maximum atomic E-state index is 12.4. The molecule has 0 fully saturated rings. The van der Waals surface area contributed by atoms with Crippen LogP contribution in [0.25, 0.3) is 11.3 Å². The number of carbonyl (C=O) groups excluding carboxylic acids is 1. The third-order valence-corrected chi connectivity index (χ3v) is 4.56. The second kappa shape index (κ2) is 8.01. The van der Waals surface area contributed by atoms with Crippen molar-refractivity contribution >= 4 is 28.1 Å². The van der Waals surface area contributed by atoms with Crippen molar-refractivity contribution in [3.8, 4) is 17.0 Å². The molecular formula is C20H21N3O2S. The van der Waals surface area contributed by atoms with Crippen LogP contribution in [0, 0.1) is 6.92 Å². The number of carbonyl (C=O) groups is 1. The molecule has 0 aliphatic carbocycles. The van der Waals surface area contributed by atoms with Crippen molar-refractivity contribution < 1.29 is 9.53 Å². The summed E-state index contributed by atoms with van der Waals surface area (Å²) in [4.78, 5) is 16.9. The van der Waals surface area contributed by atoms with Crippen LogP contribution in [0.1, 0.15) is 29.3 Å². The lowest BCUT2D eigenvalue weighted by Crippen LogP contribution is -2.12. The maximum Gasteiger partial charge on any atom is 0.257 e. The van der Waals surface area contributed by atoms with E-state index in [0.29, 0.717) is 28.7 Å². The zero-order valence-electron chi connectivity index (χ0n) is 14.8. The number of nitrogens with zero attached hydrogens (tertiary/aromatic N) is 1. The standard InChI is InChI=1S/C20H21N3O2S/c1-3-10-25-18-9-8-15(11-16(18)21)19(24)23-20-22-17(12-26-20)14-6-4-13(2)5-7-14/h4-9,11-12H,3,10,21H2,1-2H3,(H,22,23,24). The number of amides is 1. The van der Waals surface area contributed by atoms with Crippen LogP contribution in [-0.4, -0.2) is 17.5 Å². The van der Waals surface area contributed by atoms with Crippen LogP contribution in [0.4, 0.5) is 10.8 Å². The second-order valence-corrected chi connectivity index (χ2v) is 6.82. The van der Waals surface area contributed by atoms with Gasteiger partial charge in [0, 0.05) is 16.5 Å². The molecule has 0 saturated heterocycles. The molecule has 0 radical (unpaired) electrons. The summed E-state index contributed by atoms with van der Waals surface area (Å²) in [6.45, 7) is 4.66. The number of aryl methyl sites for hydroxylation is 1. The highest BCUT2D eigenvalue weighted by Gasteiger charge is 2.12. The number of nitrogen functional groups attached to an aromatic ring is 1. The van der Waals surface area contributed by atoms with Gasteiger partial charge in [-0.15, -0.1) is 11.3 Å². The van der Waals surface area contributed by atoms with Gasteiger partial charge in [-0.3, -0.25) is 10.1 Å². The summed E-state index contributed by atoms with van der Waals surface area (Å²) >= 11 is 1.39. The van der Waals surface area contributed by atoms with Crippen molar-refractivity contribution in [2.45, 2.75) is 20.3 Å². The molecule has 26 heavy (non-hydrogen) atoms. The minimum Gasteiger partial charge on any atom is -0.491 e. The molecule has 1 amide bonds. The monoisotopic (exact) mass is 367 g/mol. The molecular weight excluding hydrogens is 346 g/mol. The Morgan fingerprint density at radius 1 is 1.23 bits per heavy atom. The molecule has 3 rings (SSSR count). The van der Waals surface area contributed by atoms with Gasteiger partial charge in [0.1, 0.15) is 5.75 Å². The molecule has 6 heteroatoms. The lowest BCUT2D eigenvalue weighted by atomic mass is 10.1. The fourth-order valence-electron chi connectivity index (χ4n) is 2.39. The molecule has 0 atom stereocenters. The SMILES string of the molecule is CCCOc1ccc(C(=O)Nc2nc(-c3ccc(C)cc3)cs2)cc1N. The van der Waals surface area contributed by atoms with Gasteiger partial charge in [-0.2, -0.15) is 0 Å². The molecule has 0 bridgehead atoms. The molecule has 3 aromatic rings. The highest BCUT2D eigenvalue weighted by atomic mass is 32.1. The smallest absolute Gasteiger partial charge is 0.257 e. The first-order valence-corrected chi connectivity index (χ1v) is 9.31. The average Bonchev–Trinajstić information content (AvgIpc) is 3.09. The molecule has 1 heterocycles. The van der Waals surface area contributed by atoms with Gasteiger partial charge in [-0.1, -0.05) is 36.8 Å². The van der Waals surface area contributed by atoms with Gasteiger partial charge in [-0.05, 0) is 31.5 Å². The van der Waals surface area contributed by atoms with Crippen LogP contribution in [0.15, 0.2) is 47.8 Å². The molecule has 3 N–H and O–H groups in total. The number of hydrogen-bond donors (Lipinski definition) is 2. The van der Waals surface area contributed by atoms with E-state index in [4.69, 9.17) is 10.5 Å². The molecule has 0 aliphatic heterocycles. The van der Waals surface area contributed by atoms with Gasteiger partial charge in [0.05, 0.1) is 18.0 Å². The lowest BCUT2D eigenvalue weighted by Gasteiger charge is -2.09. The number of ether oxygens (including phenoxy) is 1. The minimum atomic E-state index is -0.247. The Morgan fingerprint density at radius 2 is 2.00 bits per heavy atom. The first-order valence-electron chi connectivity index (χ1n) is 8.43. The van der Waals surface area contributed by atoms with Crippen molar-refractivity contribution in [2.75, 3.05) is 17.7 Å². The highest BCUT2D eigenvalue weighted by molar-refractivity contribution is 7.14. The second-order valence-electron chi connectivity index (χ2n) is 5.96. The number of rotatable bonds is 6. The quantitative estimate of drug-likeness (QED) is 0.617. The average molecular weight is 367 g/mol. The lowest BCUT2D eigenvalue weighted by molar-refractivity contribution is 0.102. The van der Waals surface area contributed by atoms with E-state index in [9.17, 15) is 4.79 Å². The first-order chi connectivity index (χ1) is 12.6. The first kappa shape index (κ1) is 17.9. The van der Waals surface area contributed by atoms with Crippen molar-refractivity contribution in [1.82, 2.24) is 4.98 Å². The van der Waals surface area contributed by atoms with Gasteiger partial charge in [-0.25, -0.2) is 4.98 Å². The van der Waals surface area contributed by atoms with Crippen molar-refractivity contribution in [3.05, 3.63) is 59.0 Å². The summed E-state index contributed by atoms with van der Waals surface area (Å²) in [7, 11) is 0. The zero-order valence-corrected chi connectivity index (χ0v) is 15.6. The predicted molar refractivity (Wildman–Crippen MR) is 107 cm³/mol. The zero-order chi connectivity index (χ0) is 18.5. The number of benzene rings is 2. The number of anilines is 2. The summed E-state index contributed by atoms with van der Waals surface area (Å²) in [6, 6.07) is 13.2. The summed E-state index contributed by atoms with van der Waals surface area (Å²) in [6.07, 6.45) is 0.898. The Balaban J connectivity index is 1.70. The van der Waals surface area contributed by atoms with E-state index in [-0.39, 0.29) is 5.91 Å². The van der Waals surface area contributed by atoms with Gasteiger partial charge < -0.3 is 10.5 Å². The fourth-order valence-corrected chi connectivity index (χ4v) is 3.11. The van der Waals surface area contributed by atoms with Crippen LogP contribution in [0.2, 0.25) is 0 Å². The molecule has 134 valence electrons. The van der Waals surface area contributed by atoms with Gasteiger partial charge in [0.25, 0.3) is 5.91 Å². The number of thiazole rings is 1. The normalized spacial score (nSPS) is 10.5. The third-order valence-electron chi connectivity index (χ3n) is 3.81. The Kier molecular flexibility index (Phi) is 5.53. The number of nitrogens with two attached hydrogens (primary N) is 1. The summed E-state index contributed by atoms with van der Waals surface area (Å²) < 4.78 is 5.53. The van der Waals surface area contributed by atoms with E-state index in [1.807, 2.05) is 43.5 Å². The molecule has 0 saturated carbocycles. The van der Waals surface area contributed by atoms with Crippen molar-refractivity contribution in [1.29, 1.82) is 0 Å². The van der Waals surface area contributed by atoms with E-state index >= 15 is 0 Å². The summed E-state index contributed by atoms with van der Waals surface area (Å²) in [5.74, 6) is 0.350. The molecule has 1 aromatic heterocycles. The summed E-state index contributed by atoms with van der Waals surface area (Å²) in [5.41, 5.74) is 9.95. The molecule has 0 unspecified atom stereocenters. The van der Waals surface area contributed by atoms with Crippen LogP contribution < -0.4 is 15.8 Å². The predicted octanol–water partition coefficient (Wildman–Crippen LogP) is 4.74. The van der Waals surface area contributed by atoms with Gasteiger partial charge in [0.2, 0.25) is 0 Å². The van der Waals surface area contributed by atoms with E-state index in [1.54, 1.807) is 18.2 Å². The Bertz CT molecular complexity index is 904. The molecule has 5 nitrogen and oxygen atoms in total. The van der Waals surface area contributed by atoms with Crippen molar-refractivity contribution in [3.63, 3.8) is 0 Å². The fraction of sp³-hybridized carbons (Fsp3) is 0.200. The Hall–Kier alpha value is -2.86. The summed E-state index contributed by atoms with van der Waals surface area (Å²) in [5, 5.41) is 5.30. The van der Waals surface area contributed by atoms with Crippen LogP contribution in [0.3, 0.4) is 0 Å². The molecule has 0 aliphatic rings. The topological polar surface area (TPSA) is 77.2 Å². The van der Waals surface area contributed by atoms with Crippen molar-refractivity contribution in [2.24, 2.45) is 0 Å². The van der Waals surface area contributed by atoms with Crippen LogP contribution in [0.5, 0.6) is 5.75 Å².